The van der Waals surface area contributed by atoms with Crippen molar-refractivity contribution in [2.45, 2.75) is 44.9 Å². The molecular formula is C137H91N9O2. The van der Waals surface area contributed by atoms with E-state index < -0.39 is 5.41 Å². The lowest BCUT2D eigenvalue weighted by Crippen LogP contribution is -2.25. The van der Waals surface area contributed by atoms with Crippen molar-refractivity contribution in [3.05, 3.63) is 500 Å². The number of nitrogens with zero attached hydrogens (tertiary/aromatic N) is 9. The molecule has 0 saturated heterocycles. The van der Waals surface area contributed by atoms with Crippen molar-refractivity contribution in [1.29, 1.82) is 0 Å². The minimum absolute atomic E-state index is 0.425. The van der Waals surface area contributed by atoms with Crippen LogP contribution < -0.4 is 0 Å². The normalized spacial score (nSPS) is 12.5. The van der Waals surface area contributed by atoms with Crippen LogP contribution in [0.4, 0.5) is 0 Å². The molecule has 31 rings (SSSR count). The first-order valence-electron chi connectivity index (χ1n) is 50.9. The van der Waals surface area contributed by atoms with E-state index in [4.69, 9.17) is 38.7 Å². The van der Waals surface area contributed by atoms with Gasteiger partial charge in [0.1, 0.15) is 22.3 Å². The second-order valence-electron chi connectivity index (χ2n) is 39.8. The van der Waals surface area contributed by atoms with Crippen LogP contribution in [0.3, 0.4) is 0 Å². The Bertz CT molecular complexity index is 10500. The Morgan fingerprint density at radius 1 is 0.203 bits per heavy atom. The summed E-state index contributed by atoms with van der Waals surface area (Å²) in [5.41, 5.74) is 38.2. The molecule has 148 heavy (non-hydrogen) atoms. The summed E-state index contributed by atoms with van der Waals surface area (Å²) in [5.74, 6) is 2.89. The number of para-hydroxylation sites is 5. The van der Waals surface area contributed by atoms with Crippen LogP contribution >= 0.6 is 0 Å². The molecule has 2 aliphatic rings. The summed E-state index contributed by atoms with van der Waals surface area (Å²) in [6.45, 7) is 8.92. The van der Waals surface area contributed by atoms with Crippen molar-refractivity contribution in [2.75, 3.05) is 0 Å². The Labute approximate surface area is 851 Å². The molecule has 1 spiro atoms. The van der Waals surface area contributed by atoms with Crippen molar-refractivity contribution >= 4 is 153 Å². The van der Waals surface area contributed by atoms with Crippen LogP contribution in [0.15, 0.2) is 476 Å². The van der Waals surface area contributed by atoms with Gasteiger partial charge in [0.25, 0.3) is 0 Å². The first-order valence-corrected chi connectivity index (χ1v) is 50.9. The highest BCUT2D eigenvalue weighted by Gasteiger charge is 2.52. The fourth-order valence-corrected chi connectivity index (χ4v) is 23.8. The first-order chi connectivity index (χ1) is 73.0. The third-order valence-electron chi connectivity index (χ3n) is 30.9. The van der Waals surface area contributed by atoms with Crippen LogP contribution in [-0.4, -0.2) is 43.6 Å². The monoisotopic (exact) mass is 1890 g/mol. The Morgan fingerprint density at radius 2 is 0.534 bits per heavy atom. The molecule has 8 heterocycles. The summed E-state index contributed by atoms with van der Waals surface area (Å²) < 4.78 is 19.9. The van der Waals surface area contributed by atoms with Crippen molar-refractivity contribution < 1.29 is 8.83 Å². The largest absolute Gasteiger partial charge is 0.455 e. The molecule has 0 fully saturated rings. The quantitative estimate of drug-likeness (QED) is 0.126. The maximum Gasteiger partial charge on any atom is 0.235 e. The van der Waals surface area contributed by atoms with Gasteiger partial charge in [-0.1, -0.05) is 404 Å². The lowest BCUT2D eigenvalue weighted by Gasteiger charge is -2.30. The van der Waals surface area contributed by atoms with Crippen LogP contribution in [0.1, 0.15) is 72.9 Å². The van der Waals surface area contributed by atoms with E-state index in [1.165, 1.54) is 93.9 Å². The van der Waals surface area contributed by atoms with Gasteiger partial charge in [0.15, 0.2) is 0 Å². The van der Waals surface area contributed by atoms with Gasteiger partial charge in [-0.15, -0.1) is 0 Å². The first kappa shape index (κ1) is 85.7. The average molecular weight is 1900 g/mol. The molecule has 2 aliphatic carbocycles. The van der Waals surface area contributed by atoms with Crippen LogP contribution in [0.2, 0.25) is 0 Å². The SMILES string of the molecule is CC(C)c1ccc(-c2ccc3c4c5oc6ccccc6c5ccc4n(-c4nc(-c5ccc6ccccc6c5)c5ccccc5n4)c3c2)cc1.CC(C)c1ccc(-c2ccc3c4c5oc6ccccc6c5ccc4n(-c4nc(-c5ccccc5)c5ccccc5n4)c3c2)cc1.c1ccc(-c2ccc3c4cc5c(cc4n(-c4nc(-c6ccccc6)c6ccccc6n4)c3c2)-c2ccccc2C52c3ccccc3-c3ccccc32)cc1. The van der Waals surface area contributed by atoms with Crippen molar-refractivity contribution in [2.24, 2.45) is 0 Å². The standard InChI is InChI=1S/C51H31N3.C45H31N3O.C41H29N3O/c1-3-15-32(16-4-1)34-27-28-38-41-30-45-40(37-21-9-13-25-44(37)51(45)42-23-11-7-19-35(42)36-20-8-12-24-43(36)51)31-48(41)54(47(38)29-34)50-52-46-26-14-10-22-39(46)49(53-50)33-17-5-2-6-18-33;1-27(2)28-15-17-30(18-16-28)32-21-22-37-40(26-32)48(39-24-23-35-34-11-6-8-14-41(34)49-44(35)42(37)39)45-46-38-13-7-5-12-36(38)43(47-45)33-20-19-29-9-3-4-10-31(29)25-33;1-25(2)26-16-18-27(19-17-26)29-20-21-33-36(24-29)44(35-23-22-31-30-12-7-9-15-37(30)45-40(31)38(33)35)41-42-34-14-8-6-13-32(34)39(43-41)28-10-4-3-5-11-28/h1-31H;3-27H,1-2H3;3-25H,1-2H3. The number of rotatable bonds is 11. The van der Waals surface area contributed by atoms with Crippen LogP contribution in [0.25, 0.3) is 260 Å². The number of fused-ring (bicyclic) bond motifs is 31. The van der Waals surface area contributed by atoms with E-state index in [-0.39, 0.29) is 0 Å². The van der Waals surface area contributed by atoms with E-state index in [2.05, 4.69) is 460 Å². The third kappa shape index (κ3) is 13.5. The molecule has 696 valence electrons. The third-order valence-corrected chi connectivity index (χ3v) is 30.9. The van der Waals surface area contributed by atoms with Crippen LogP contribution in [0.5, 0.6) is 0 Å². The van der Waals surface area contributed by atoms with Gasteiger partial charge < -0.3 is 8.83 Å². The Balaban J connectivity index is 0.000000105. The molecule has 0 aliphatic heterocycles. The van der Waals surface area contributed by atoms with Gasteiger partial charge in [0.2, 0.25) is 17.8 Å². The molecule has 0 radical (unpaired) electrons. The lowest BCUT2D eigenvalue weighted by molar-refractivity contribution is 0.672. The molecule has 0 bridgehead atoms. The van der Waals surface area contributed by atoms with Gasteiger partial charge >= 0.3 is 0 Å². The van der Waals surface area contributed by atoms with Crippen molar-refractivity contribution in [1.82, 2.24) is 43.6 Å². The number of furan rings is 2. The highest BCUT2D eigenvalue weighted by atomic mass is 16.3. The molecule has 0 N–H and O–H groups in total. The zero-order valence-electron chi connectivity index (χ0n) is 81.5. The van der Waals surface area contributed by atoms with E-state index >= 15 is 0 Å². The molecule has 21 aromatic carbocycles. The smallest absolute Gasteiger partial charge is 0.235 e. The highest BCUT2D eigenvalue weighted by Crippen LogP contribution is 2.64. The molecule has 11 nitrogen and oxygen atoms in total. The Hall–Kier alpha value is -19.1. The number of benzene rings is 21. The predicted octanol–water partition coefficient (Wildman–Crippen LogP) is 35.7. The molecule has 8 aromatic heterocycles. The summed E-state index contributed by atoms with van der Waals surface area (Å²) in [6, 6.07) is 167. The lowest BCUT2D eigenvalue weighted by atomic mass is 9.70. The Kier molecular flexibility index (Phi) is 19.7. The van der Waals surface area contributed by atoms with Gasteiger partial charge in [-0.05, 0) is 203 Å². The van der Waals surface area contributed by atoms with Gasteiger partial charge in [-0.2, -0.15) is 0 Å². The van der Waals surface area contributed by atoms with E-state index in [9.17, 15) is 0 Å². The summed E-state index contributed by atoms with van der Waals surface area (Å²) in [4.78, 5) is 31.9. The maximum absolute atomic E-state index is 6.62. The highest BCUT2D eigenvalue weighted by molar-refractivity contribution is 6.26. The summed E-state index contributed by atoms with van der Waals surface area (Å²) in [7, 11) is 0. The second-order valence-corrected chi connectivity index (χ2v) is 39.8. The minimum atomic E-state index is -0.425. The Morgan fingerprint density at radius 3 is 0.986 bits per heavy atom. The fraction of sp³-hybridized carbons (Fsp3) is 0.0511. The van der Waals surface area contributed by atoms with Gasteiger partial charge in [0.05, 0.1) is 82.9 Å². The molecule has 0 amide bonds. The molecule has 29 aromatic rings. The molecule has 0 unspecified atom stereocenters. The van der Waals surface area contributed by atoms with Crippen molar-refractivity contribution in [3.63, 3.8) is 0 Å². The van der Waals surface area contributed by atoms with E-state index in [0.29, 0.717) is 29.7 Å². The summed E-state index contributed by atoms with van der Waals surface area (Å²) in [6.07, 6.45) is 0. The minimum Gasteiger partial charge on any atom is -0.455 e. The number of hydrogen-bond acceptors (Lipinski definition) is 8. The number of hydrogen-bond donors (Lipinski definition) is 0. The molecule has 0 atom stereocenters. The molecule has 0 saturated carbocycles. The van der Waals surface area contributed by atoms with E-state index in [1.54, 1.807) is 0 Å². The fourth-order valence-electron chi connectivity index (χ4n) is 23.8. The average Bonchev–Trinajstić information content (AvgIpc) is 1.50. The molecule has 11 heteroatoms. The predicted molar refractivity (Wildman–Crippen MR) is 611 cm³/mol. The summed E-state index contributed by atoms with van der Waals surface area (Å²) >= 11 is 0. The molecular weight excluding hydrogens is 1800 g/mol. The zero-order valence-corrected chi connectivity index (χ0v) is 81.5. The zero-order chi connectivity index (χ0) is 98.1. The van der Waals surface area contributed by atoms with Crippen LogP contribution in [0, 0.1) is 0 Å². The topological polar surface area (TPSA) is 118 Å². The van der Waals surface area contributed by atoms with Gasteiger partial charge in [-0.3, -0.25) is 13.7 Å². The van der Waals surface area contributed by atoms with E-state index in [0.717, 1.165) is 182 Å². The summed E-state index contributed by atoms with van der Waals surface area (Å²) in [5, 5.41) is 16.6. The maximum atomic E-state index is 6.62. The van der Waals surface area contributed by atoms with E-state index in [1.807, 2.05) is 48.5 Å². The van der Waals surface area contributed by atoms with Gasteiger partial charge in [0, 0.05) is 75.9 Å². The second kappa shape index (κ2) is 34.1. The number of aromatic nitrogens is 9. The van der Waals surface area contributed by atoms with Crippen molar-refractivity contribution in [3.8, 4) is 107 Å². The van der Waals surface area contributed by atoms with Gasteiger partial charge in [-0.25, -0.2) is 29.9 Å². The van der Waals surface area contributed by atoms with Crippen LogP contribution in [-0.2, 0) is 5.41 Å².